The van der Waals surface area contributed by atoms with Crippen molar-refractivity contribution in [1.82, 2.24) is 0 Å². The van der Waals surface area contributed by atoms with Crippen molar-refractivity contribution < 1.29 is 19.7 Å². The average molecular weight is 266 g/mol. The maximum atomic E-state index is 9.71. The molecule has 0 saturated heterocycles. The number of phenolic OH excluding ortho intramolecular Hbond substituents is 1. The van der Waals surface area contributed by atoms with Crippen molar-refractivity contribution in [2.24, 2.45) is 0 Å². The third kappa shape index (κ3) is 5.95. The van der Waals surface area contributed by atoms with Crippen LogP contribution in [0, 0.1) is 20.8 Å². The second kappa shape index (κ2) is 8.19. The topological polar surface area (TPSA) is 66.8 Å². The molecule has 0 aromatic heterocycles. The van der Waals surface area contributed by atoms with E-state index in [4.69, 9.17) is 14.6 Å². The molecule has 1 aromatic rings. The normalized spacial score (nSPS) is 9.95. The average Bonchev–Trinajstić information content (AvgIpc) is 2.32. The van der Waals surface area contributed by atoms with E-state index in [-0.39, 0.29) is 0 Å². The van der Waals surface area contributed by atoms with Gasteiger partial charge in [0.15, 0.2) is 0 Å². The third-order valence-electron chi connectivity index (χ3n) is 2.58. The molecule has 0 bridgehead atoms. The number of aromatic hydroxyl groups is 1. The zero-order valence-electron chi connectivity index (χ0n) is 12.2. The monoisotopic (exact) mass is 266 g/mol. The number of aryl methyl sites for hydroxylation is 1. The summed E-state index contributed by atoms with van der Waals surface area (Å²) in [5, 5.41) is 17.1. The number of allylic oxidation sites excluding steroid dienone is 1. The van der Waals surface area contributed by atoms with Crippen molar-refractivity contribution >= 4 is 5.97 Å². The number of benzene rings is 1. The van der Waals surface area contributed by atoms with Gasteiger partial charge in [-0.2, -0.15) is 0 Å². The van der Waals surface area contributed by atoms with E-state index in [1.165, 1.54) is 0 Å². The van der Waals surface area contributed by atoms with Gasteiger partial charge in [0.1, 0.15) is 18.1 Å². The molecular weight excluding hydrogens is 244 g/mol. The van der Waals surface area contributed by atoms with Gasteiger partial charge in [0.2, 0.25) is 0 Å². The van der Waals surface area contributed by atoms with Crippen LogP contribution in [0.25, 0.3) is 0 Å². The van der Waals surface area contributed by atoms with Gasteiger partial charge >= 0.3 is 0 Å². The summed E-state index contributed by atoms with van der Waals surface area (Å²) in [5.74, 6) is 0.381. The van der Waals surface area contributed by atoms with E-state index in [1.54, 1.807) is 0 Å². The maximum absolute atomic E-state index is 9.71. The molecule has 0 aliphatic heterocycles. The first-order valence-electron chi connectivity index (χ1n) is 6.04. The summed E-state index contributed by atoms with van der Waals surface area (Å²) in [5.41, 5.74) is 2.75. The van der Waals surface area contributed by atoms with Crippen LogP contribution in [0.2, 0.25) is 0 Å². The maximum Gasteiger partial charge on any atom is 0.300 e. The first-order chi connectivity index (χ1) is 8.81. The summed E-state index contributed by atoms with van der Waals surface area (Å²) in [4.78, 5) is 9.00. The van der Waals surface area contributed by atoms with Gasteiger partial charge in [0.25, 0.3) is 5.97 Å². The Balaban J connectivity index is 0.000000711. The number of carboxylic acids is 1. The van der Waals surface area contributed by atoms with Gasteiger partial charge in [0, 0.05) is 6.92 Å². The molecule has 0 radical (unpaired) electrons. The van der Waals surface area contributed by atoms with Gasteiger partial charge in [-0.05, 0) is 50.5 Å². The summed E-state index contributed by atoms with van der Waals surface area (Å²) in [7, 11) is 0. The van der Waals surface area contributed by atoms with Crippen molar-refractivity contribution in [1.29, 1.82) is 0 Å². The van der Waals surface area contributed by atoms with Crippen LogP contribution in [0.5, 0.6) is 11.5 Å². The highest BCUT2D eigenvalue weighted by atomic mass is 16.5. The number of phenols is 1. The van der Waals surface area contributed by atoms with Gasteiger partial charge in [0.05, 0.1) is 0 Å². The van der Waals surface area contributed by atoms with E-state index in [0.717, 1.165) is 29.4 Å². The lowest BCUT2D eigenvalue weighted by molar-refractivity contribution is -0.134. The Bertz CT molecular complexity index is 458. The first kappa shape index (κ1) is 17.0. The van der Waals surface area contributed by atoms with Gasteiger partial charge in [-0.25, -0.2) is 0 Å². The number of ether oxygens (including phenoxy) is 1. The van der Waals surface area contributed by atoms with Crippen LogP contribution in [0.4, 0.5) is 0 Å². The van der Waals surface area contributed by atoms with Crippen LogP contribution in [0.1, 0.15) is 30.5 Å². The zero-order valence-corrected chi connectivity index (χ0v) is 12.2. The van der Waals surface area contributed by atoms with E-state index >= 15 is 0 Å². The first-order valence-corrected chi connectivity index (χ1v) is 6.04. The quantitative estimate of drug-likeness (QED) is 0.823. The Morgan fingerprint density at radius 2 is 1.84 bits per heavy atom. The zero-order chi connectivity index (χ0) is 15.0. The second-order valence-corrected chi connectivity index (χ2v) is 4.19. The second-order valence-electron chi connectivity index (χ2n) is 4.19. The highest BCUT2D eigenvalue weighted by Crippen LogP contribution is 2.31. The molecule has 4 heteroatoms. The molecule has 0 aliphatic carbocycles. The molecule has 0 amide bonds. The Kier molecular flexibility index (Phi) is 7.34. The molecule has 0 fully saturated rings. The highest BCUT2D eigenvalue weighted by Gasteiger charge is 2.09. The number of carboxylic acid groups (broad SMARTS) is 1. The lowest BCUT2D eigenvalue weighted by Gasteiger charge is -2.13. The van der Waals surface area contributed by atoms with E-state index < -0.39 is 5.97 Å². The third-order valence-corrected chi connectivity index (χ3v) is 2.58. The largest absolute Gasteiger partial charge is 0.507 e. The highest BCUT2D eigenvalue weighted by molar-refractivity contribution is 5.62. The van der Waals surface area contributed by atoms with Crippen LogP contribution in [0.3, 0.4) is 0 Å². The van der Waals surface area contributed by atoms with Crippen molar-refractivity contribution in [3.05, 3.63) is 34.9 Å². The fourth-order valence-electron chi connectivity index (χ4n) is 1.42. The molecule has 106 valence electrons. The predicted molar refractivity (Wildman–Crippen MR) is 75.9 cm³/mol. The molecule has 0 saturated carbocycles. The SMILES string of the molecule is CC(=O)O.CC=CCOc1cc(C)c(O)c(C)c1C. The molecule has 19 heavy (non-hydrogen) atoms. The lowest BCUT2D eigenvalue weighted by Crippen LogP contribution is -1.98. The Labute approximate surface area is 114 Å². The van der Waals surface area contributed by atoms with Gasteiger partial charge in [-0.1, -0.05) is 12.2 Å². The Morgan fingerprint density at radius 1 is 1.32 bits per heavy atom. The fourth-order valence-corrected chi connectivity index (χ4v) is 1.42. The van der Waals surface area contributed by atoms with Crippen molar-refractivity contribution in [2.75, 3.05) is 6.61 Å². The summed E-state index contributed by atoms with van der Waals surface area (Å²) in [6, 6.07) is 1.88. The van der Waals surface area contributed by atoms with Gasteiger partial charge in [-0.3, -0.25) is 4.79 Å². The standard InChI is InChI=1S/C13H18O2.C2H4O2/c1-5-6-7-15-12-8-9(2)13(14)11(4)10(12)3;1-2(3)4/h5-6,8,14H,7H2,1-4H3;1H3,(H,3,4). The van der Waals surface area contributed by atoms with E-state index in [1.807, 2.05) is 45.9 Å². The van der Waals surface area contributed by atoms with E-state index in [0.29, 0.717) is 12.4 Å². The Hall–Kier alpha value is -1.97. The predicted octanol–water partition coefficient (Wildman–Crippen LogP) is 3.36. The molecule has 1 rings (SSSR count). The molecule has 0 spiro atoms. The smallest absolute Gasteiger partial charge is 0.300 e. The molecule has 0 aliphatic rings. The minimum Gasteiger partial charge on any atom is -0.507 e. The van der Waals surface area contributed by atoms with Crippen LogP contribution in [-0.4, -0.2) is 22.8 Å². The van der Waals surface area contributed by atoms with Gasteiger partial charge < -0.3 is 14.9 Å². The molecule has 2 N–H and O–H groups in total. The minimum atomic E-state index is -0.833. The van der Waals surface area contributed by atoms with Gasteiger partial charge in [-0.15, -0.1) is 0 Å². The number of hydrogen-bond acceptors (Lipinski definition) is 3. The van der Waals surface area contributed by atoms with Crippen LogP contribution < -0.4 is 4.74 Å². The van der Waals surface area contributed by atoms with Crippen LogP contribution in [-0.2, 0) is 4.79 Å². The number of aliphatic carboxylic acids is 1. The van der Waals surface area contributed by atoms with Crippen LogP contribution in [0.15, 0.2) is 18.2 Å². The number of hydrogen-bond donors (Lipinski definition) is 2. The van der Waals surface area contributed by atoms with Crippen LogP contribution >= 0.6 is 0 Å². The van der Waals surface area contributed by atoms with Crippen molar-refractivity contribution in [3.8, 4) is 11.5 Å². The molecular formula is C15H22O4. The molecule has 0 heterocycles. The van der Waals surface area contributed by atoms with E-state index in [2.05, 4.69) is 0 Å². The lowest BCUT2D eigenvalue weighted by atomic mass is 10.0. The summed E-state index contributed by atoms with van der Waals surface area (Å²) in [6.45, 7) is 9.36. The summed E-state index contributed by atoms with van der Waals surface area (Å²) in [6.07, 6.45) is 3.91. The number of carbonyl (C=O) groups is 1. The fraction of sp³-hybridized carbons (Fsp3) is 0.400. The summed E-state index contributed by atoms with van der Waals surface area (Å²) >= 11 is 0. The van der Waals surface area contributed by atoms with E-state index in [9.17, 15) is 5.11 Å². The molecule has 0 atom stereocenters. The van der Waals surface area contributed by atoms with Crippen molar-refractivity contribution in [3.63, 3.8) is 0 Å². The molecule has 0 unspecified atom stereocenters. The minimum absolute atomic E-state index is 0.367. The molecule has 1 aromatic carbocycles. The summed E-state index contributed by atoms with van der Waals surface area (Å²) < 4.78 is 5.60. The Morgan fingerprint density at radius 3 is 2.32 bits per heavy atom. The van der Waals surface area contributed by atoms with Crippen molar-refractivity contribution in [2.45, 2.75) is 34.6 Å². The number of rotatable bonds is 3. The molecule has 4 nitrogen and oxygen atoms in total.